The van der Waals surface area contributed by atoms with Crippen molar-refractivity contribution in [3.63, 3.8) is 0 Å². The fraction of sp³-hybridized carbons (Fsp3) is 0.636. The number of carbonyl (C=O) groups excluding carboxylic acids is 1. The van der Waals surface area contributed by atoms with Crippen LogP contribution in [0.3, 0.4) is 0 Å². The maximum Gasteiger partial charge on any atom is 0.329 e. The molecule has 0 aliphatic heterocycles. The van der Waals surface area contributed by atoms with Crippen molar-refractivity contribution in [1.82, 2.24) is 10.6 Å². The number of amides is 2. The van der Waals surface area contributed by atoms with Gasteiger partial charge in [0.25, 0.3) is 0 Å². The first-order valence-corrected chi connectivity index (χ1v) is 5.13. The van der Waals surface area contributed by atoms with Gasteiger partial charge in [0, 0.05) is 0 Å². The molecule has 1 aliphatic rings. The van der Waals surface area contributed by atoms with Gasteiger partial charge in [0.05, 0.1) is 5.54 Å². The van der Waals surface area contributed by atoms with Crippen LogP contribution in [-0.4, -0.2) is 28.2 Å². The number of aliphatic carboxylic acids is 1. The fourth-order valence-electron chi connectivity index (χ4n) is 1.49. The lowest BCUT2D eigenvalue weighted by molar-refractivity contribution is -0.148. The second kappa shape index (κ2) is 4.05. The molecular formula is C11H16N2O3. The SMILES string of the molecule is C#CC(C)(C)NC(=O)NC1(C(=O)O)CCC1. The highest BCUT2D eigenvalue weighted by Crippen LogP contribution is 2.31. The summed E-state index contributed by atoms with van der Waals surface area (Å²) in [6.45, 7) is 3.33. The van der Waals surface area contributed by atoms with Crippen LogP contribution in [0.15, 0.2) is 0 Å². The molecule has 1 saturated carbocycles. The molecule has 5 heteroatoms. The molecule has 0 radical (unpaired) electrons. The van der Waals surface area contributed by atoms with Gasteiger partial charge in [-0.15, -0.1) is 6.42 Å². The smallest absolute Gasteiger partial charge is 0.329 e. The molecule has 0 spiro atoms. The van der Waals surface area contributed by atoms with Gasteiger partial charge >= 0.3 is 12.0 Å². The Balaban J connectivity index is 2.58. The van der Waals surface area contributed by atoms with E-state index in [-0.39, 0.29) is 0 Å². The Bertz CT molecular complexity index is 351. The van der Waals surface area contributed by atoms with Crippen LogP contribution in [0.5, 0.6) is 0 Å². The molecule has 1 fully saturated rings. The lowest BCUT2D eigenvalue weighted by Crippen LogP contribution is -2.63. The predicted molar refractivity (Wildman–Crippen MR) is 58.8 cm³/mol. The van der Waals surface area contributed by atoms with E-state index in [1.165, 1.54) is 0 Å². The van der Waals surface area contributed by atoms with Crippen LogP contribution in [0.4, 0.5) is 4.79 Å². The molecular weight excluding hydrogens is 208 g/mol. The second-order valence-electron chi connectivity index (χ2n) is 4.59. The summed E-state index contributed by atoms with van der Waals surface area (Å²) >= 11 is 0. The highest BCUT2D eigenvalue weighted by molar-refractivity contribution is 5.87. The third-order valence-electron chi connectivity index (χ3n) is 2.76. The van der Waals surface area contributed by atoms with Gasteiger partial charge in [-0.3, -0.25) is 0 Å². The molecule has 88 valence electrons. The molecule has 16 heavy (non-hydrogen) atoms. The zero-order valence-corrected chi connectivity index (χ0v) is 9.46. The van der Waals surface area contributed by atoms with Crippen LogP contribution >= 0.6 is 0 Å². The minimum Gasteiger partial charge on any atom is -0.480 e. The van der Waals surface area contributed by atoms with Crippen LogP contribution in [-0.2, 0) is 4.79 Å². The van der Waals surface area contributed by atoms with E-state index in [0.29, 0.717) is 12.8 Å². The first kappa shape index (κ1) is 12.4. The van der Waals surface area contributed by atoms with Gasteiger partial charge in [-0.25, -0.2) is 9.59 Å². The standard InChI is InChI=1S/C11H16N2O3/c1-4-10(2,3)12-9(16)13-11(8(14)15)6-5-7-11/h1H,5-7H2,2-3H3,(H,14,15)(H2,12,13,16). The number of carboxylic acid groups (broad SMARTS) is 1. The van der Waals surface area contributed by atoms with Crippen molar-refractivity contribution in [3.05, 3.63) is 0 Å². The molecule has 0 heterocycles. The highest BCUT2D eigenvalue weighted by atomic mass is 16.4. The lowest BCUT2D eigenvalue weighted by atomic mass is 9.77. The predicted octanol–water partition coefficient (Wildman–Crippen LogP) is 0.705. The van der Waals surface area contributed by atoms with Gasteiger partial charge in [0.15, 0.2) is 0 Å². The molecule has 1 rings (SSSR count). The quantitative estimate of drug-likeness (QED) is 0.617. The molecule has 0 saturated heterocycles. The number of nitrogens with one attached hydrogen (secondary N) is 2. The maximum atomic E-state index is 11.5. The van der Waals surface area contributed by atoms with Crippen molar-refractivity contribution in [1.29, 1.82) is 0 Å². The van der Waals surface area contributed by atoms with Gasteiger partial charge in [-0.1, -0.05) is 5.92 Å². The summed E-state index contributed by atoms with van der Waals surface area (Å²) in [5, 5.41) is 14.0. The van der Waals surface area contributed by atoms with E-state index >= 15 is 0 Å². The number of urea groups is 1. The Morgan fingerprint density at radius 2 is 2.00 bits per heavy atom. The van der Waals surface area contributed by atoms with Crippen molar-refractivity contribution in [3.8, 4) is 12.3 Å². The molecule has 0 aromatic heterocycles. The van der Waals surface area contributed by atoms with E-state index in [1.54, 1.807) is 13.8 Å². The van der Waals surface area contributed by atoms with Crippen molar-refractivity contribution in [2.75, 3.05) is 0 Å². The summed E-state index contributed by atoms with van der Waals surface area (Å²) in [7, 11) is 0. The zero-order chi connectivity index (χ0) is 12.4. The third kappa shape index (κ3) is 2.45. The van der Waals surface area contributed by atoms with Crippen LogP contribution in [0, 0.1) is 12.3 Å². The number of rotatable bonds is 3. The normalized spacial score (nSPS) is 17.8. The summed E-state index contributed by atoms with van der Waals surface area (Å²) in [4.78, 5) is 22.5. The minimum absolute atomic E-state index is 0.465. The lowest BCUT2D eigenvalue weighted by Gasteiger charge is -2.38. The third-order valence-corrected chi connectivity index (χ3v) is 2.76. The van der Waals surface area contributed by atoms with Crippen molar-refractivity contribution in [2.24, 2.45) is 0 Å². The van der Waals surface area contributed by atoms with Crippen LogP contribution in [0.25, 0.3) is 0 Å². The summed E-state index contributed by atoms with van der Waals surface area (Å²) in [5.74, 6) is 1.41. The topological polar surface area (TPSA) is 78.4 Å². The van der Waals surface area contributed by atoms with E-state index in [4.69, 9.17) is 11.5 Å². The molecule has 0 aromatic carbocycles. The highest BCUT2D eigenvalue weighted by Gasteiger charge is 2.46. The number of carboxylic acids is 1. The summed E-state index contributed by atoms with van der Waals surface area (Å²) in [5.41, 5.74) is -1.89. The fourth-order valence-corrected chi connectivity index (χ4v) is 1.49. The summed E-state index contributed by atoms with van der Waals surface area (Å²) in [6, 6.07) is -0.537. The molecule has 3 N–H and O–H groups in total. The van der Waals surface area contributed by atoms with E-state index in [2.05, 4.69) is 16.6 Å². The van der Waals surface area contributed by atoms with Gasteiger partial charge in [-0.05, 0) is 33.1 Å². The Hall–Kier alpha value is -1.70. The minimum atomic E-state index is -1.10. The molecule has 0 unspecified atom stereocenters. The van der Waals surface area contributed by atoms with Gasteiger partial charge in [0.1, 0.15) is 5.54 Å². The number of terminal acetylenes is 1. The van der Waals surface area contributed by atoms with Crippen molar-refractivity contribution >= 4 is 12.0 Å². The Morgan fingerprint density at radius 1 is 1.44 bits per heavy atom. The Kier molecular flexibility index (Phi) is 3.13. The van der Waals surface area contributed by atoms with Gasteiger partial charge in [0.2, 0.25) is 0 Å². The average Bonchev–Trinajstić information content (AvgIpc) is 2.10. The van der Waals surface area contributed by atoms with Crippen LogP contribution in [0.1, 0.15) is 33.1 Å². The van der Waals surface area contributed by atoms with Gasteiger partial charge in [-0.2, -0.15) is 0 Å². The van der Waals surface area contributed by atoms with E-state index < -0.39 is 23.1 Å². The number of hydrogen-bond donors (Lipinski definition) is 3. The maximum absolute atomic E-state index is 11.5. The largest absolute Gasteiger partial charge is 0.480 e. The monoisotopic (exact) mass is 224 g/mol. The number of hydrogen-bond acceptors (Lipinski definition) is 2. The van der Waals surface area contributed by atoms with Crippen LogP contribution < -0.4 is 10.6 Å². The zero-order valence-electron chi connectivity index (χ0n) is 9.46. The molecule has 5 nitrogen and oxygen atoms in total. The first-order chi connectivity index (χ1) is 7.31. The number of carbonyl (C=O) groups is 2. The first-order valence-electron chi connectivity index (χ1n) is 5.13. The summed E-state index contributed by atoms with van der Waals surface area (Å²) < 4.78 is 0. The second-order valence-corrected chi connectivity index (χ2v) is 4.59. The van der Waals surface area contributed by atoms with Crippen molar-refractivity contribution < 1.29 is 14.7 Å². The van der Waals surface area contributed by atoms with E-state index in [0.717, 1.165) is 6.42 Å². The average molecular weight is 224 g/mol. The molecule has 0 bridgehead atoms. The van der Waals surface area contributed by atoms with E-state index in [1.807, 2.05) is 0 Å². The van der Waals surface area contributed by atoms with E-state index in [9.17, 15) is 9.59 Å². The molecule has 0 atom stereocenters. The van der Waals surface area contributed by atoms with Gasteiger partial charge < -0.3 is 15.7 Å². The van der Waals surface area contributed by atoms with Crippen LogP contribution in [0.2, 0.25) is 0 Å². The molecule has 2 amide bonds. The Labute approximate surface area is 94.6 Å². The summed E-state index contributed by atoms with van der Waals surface area (Å²) in [6.07, 6.45) is 6.96. The van der Waals surface area contributed by atoms with Crippen molar-refractivity contribution in [2.45, 2.75) is 44.2 Å². The molecule has 0 aromatic rings. The Morgan fingerprint density at radius 3 is 2.31 bits per heavy atom. The molecule has 1 aliphatic carbocycles.